The third kappa shape index (κ3) is 2.81. The average molecular weight is 388 g/mol. The Morgan fingerprint density at radius 1 is 1.04 bits per heavy atom. The lowest BCUT2D eigenvalue weighted by Gasteiger charge is -2.52. The van der Waals surface area contributed by atoms with E-state index in [0.717, 1.165) is 31.3 Å². The van der Waals surface area contributed by atoms with Gasteiger partial charge in [0.25, 0.3) is 0 Å². The maximum absolute atomic E-state index is 14.6. The first-order valence-electron chi connectivity index (χ1n) is 8.92. The standard InChI is InChI=1S/C18H18F2N6S/c19-14-12(11-7-22-23-8-11)1-2-13(15(14)20)16-24-25-17(27-16)26-9-18(10-26)3-5-21-6-4-18/h1-2,7-8,21H,3-6,9-10H2,(H,22,23). The summed E-state index contributed by atoms with van der Waals surface area (Å²) in [5.74, 6) is -1.81. The third-order valence-electron chi connectivity index (χ3n) is 5.52. The summed E-state index contributed by atoms with van der Waals surface area (Å²) >= 11 is 1.31. The van der Waals surface area contributed by atoms with Crippen LogP contribution in [0.1, 0.15) is 12.8 Å². The second kappa shape index (κ2) is 6.35. The largest absolute Gasteiger partial charge is 0.345 e. The van der Waals surface area contributed by atoms with Crippen LogP contribution in [0, 0.1) is 17.0 Å². The molecule has 6 nitrogen and oxygen atoms in total. The number of halogens is 2. The number of aromatic nitrogens is 4. The van der Waals surface area contributed by atoms with Crippen LogP contribution in [-0.4, -0.2) is 46.6 Å². The molecule has 140 valence electrons. The smallest absolute Gasteiger partial charge is 0.208 e. The van der Waals surface area contributed by atoms with Gasteiger partial charge in [-0.25, -0.2) is 8.78 Å². The number of rotatable bonds is 3. The zero-order valence-electron chi connectivity index (χ0n) is 14.5. The van der Waals surface area contributed by atoms with Crippen LogP contribution < -0.4 is 10.2 Å². The van der Waals surface area contributed by atoms with Crippen molar-refractivity contribution in [2.45, 2.75) is 12.8 Å². The second-order valence-electron chi connectivity index (χ2n) is 7.27. The average Bonchev–Trinajstić information content (AvgIpc) is 3.34. The molecular formula is C18H18F2N6S. The molecule has 0 amide bonds. The fourth-order valence-electron chi connectivity index (χ4n) is 3.96. The summed E-state index contributed by atoms with van der Waals surface area (Å²) in [6.45, 7) is 4.03. The molecule has 5 rings (SSSR count). The number of nitrogens with one attached hydrogen (secondary N) is 2. The predicted molar refractivity (Wildman–Crippen MR) is 99.6 cm³/mol. The zero-order valence-corrected chi connectivity index (χ0v) is 15.3. The van der Waals surface area contributed by atoms with Gasteiger partial charge in [0, 0.05) is 35.8 Å². The van der Waals surface area contributed by atoms with Crippen molar-refractivity contribution in [3.05, 3.63) is 36.2 Å². The van der Waals surface area contributed by atoms with E-state index >= 15 is 0 Å². The fraction of sp³-hybridized carbons (Fsp3) is 0.389. The SMILES string of the molecule is Fc1c(-c2cn[nH]c2)ccc(-c2nnc(N3CC4(CCNCC4)C3)s2)c1F. The molecule has 2 aromatic heterocycles. The highest BCUT2D eigenvalue weighted by Gasteiger charge is 2.44. The molecule has 0 bridgehead atoms. The van der Waals surface area contributed by atoms with E-state index < -0.39 is 11.6 Å². The first-order valence-corrected chi connectivity index (χ1v) is 9.74. The Balaban J connectivity index is 1.38. The van der Waals surface area contributed by atoms with Crippen molar-refractivity contribution in [1.29, 1.82) is 0 Å². The topological polar surface area (TPSA) is 69.7 Å². The fourth-order valence-corrected chi connectivity index (χ4v) is 4.82. The van der Waals surface area contributed by atoms with E-state index in [2.05, 4.69) is 30.6 Å². The Morgan fingerprint density at radius 3 is 2.52 bits per heavy atom. The van der Waals surface area contributed by atoms with E-state index in [1.54, 1.807) is 12.1 Å². The Bertz CT molecular complexity index is 956. The summed E-state index contributed by atoms with van der Waals surface area (Å²) < 4.78 is 29.2. The molecule has 0 unspecified atom stereocenters. The van der Waals surface area contributed by atoms with Gasteiger partial charge in [0.15, 0.2) is 16.6 Å². The highest BCUT2D eigenvalue weighted by molar-refractivity contribution is 7.18. The molecule has 2 N–H and O–H groups in total. The van der Waals surface area contributed by atoms with Gasteiger partial charge in [-0.1, -0.05) is 17.4 Å². The number of hydrogen-bond acceptors (Lipinski definition) is 6. The Morgan fingerprint density at radius 2 is 1.78 bits per heavy atom. The molecule has 1 aromatic carbocycles. The van der Waals surface area contributed by atoms with Crippen molar-refractivity contribution in [1.82, 2.24) is 25.7 Å². The number of benzene rings is 1. The van der Waals surface area contributed by atoms with Crippen LogP contribution in [0.2, 0.25) is 0 Å². The van der Waals surface area contributed by atoms with Crippen molar-refractivity contribution >= 4 is 16.5 Å². The van der Waals surface area contributed by atoms with Gasteiger partial charge >= 0.3 is 0 Å². The van der Waals surface area contributed by atoms with Gasteiger partial charge in [0.05, 0.1) is 11.8 Å². The maximum Gasteiger partial charge on any atom is 0.208 e. The molecule has 2 aliphatic rings. The van der Waals surface area contributed by atoms with E-state index in [4.69, 9.17) is 0 Å². The Kier molecular flexibility index (Phi) is 3.94. The lowest BCUT2D eigenvalue weighted by atomic mass is 9.73. The van der Waals surface area contributed by atoms with E-state index in [1.807, 2.05) is 0 Å². The highest BCUT2D eigenvalue weighted by Crippen LogP contribution is 2.43. The highest BCUT2D eigenvalue weighted by atomic mass is 32.1. The lowest BCUT2D eigenvalue weighted by Crippen LogP contribution is -2.60. The van der Waals surface area contributed by atoms with Gasteiger partial charge in [-0.05, 0) is 32.0 Å². The van der Waals surface area contributed by atoms with Crippen molar-refractivity contribution in [2.75, 3.05) is 31.1 Å². The number of piperidine rings is 1. The minimum atomic E-state index is -0.908. The summed E-state index contributed by atoms with van der Waals surface area (Å²) in [6.07, 6.45) is 5.33. The molecule has 2 aliphatic heterocycles. The molecule has 9 heteroatoms. The van der Waals surface area contributed by atoms with Crippen molar-refractivity contribution < 1.29 is 8.78 Å². The van der Waals surface area contributed by atoms with Crippen molar-refractivity contribution in [3.8, 4) is 21.7 Å². The van der Waals surface area contributed by atoms with Gasteiger partial charge in [-0.2, -0.15) is 5.10 Å². The lowest BCUT2D eigenvalue weighted by molar-refractivity contribution is 0.149. The number of nitrogens with zero attached hydrogens (tertiary/aromatic N) is 4. The van der Waals surface area contributed by atoms with Gasteiger partial charge in [0.2, 0.25) is 5.13 Å². The van der Waals surface area contributed by atoms with Crippen molar-refractivity contribution in [3.63, 3.8) is 0 Å². The third-order valence-corrected chi connectivity index (χ3v) is 6.54. The van der Waals surface area contributed by atoms with E-state index in [0.29, 0.717) is 16.0 Å². The van der Waals surface area contributed by atoms with Gasteiger partial charge in [-0.3, -0.25) is 5.10 Å². The van der Waals surface area contributed by atoms with Crippen LogP contribution in [-0.2, 0) is 0 Å². The normalized spacial score (nSPS) is 18.7. The van der Waals surface area contributed by atoms with Crippen molar-refractivity contribution in [2.24, 2.45) is 5.41 Å². The maximum atomic E-state index is 14.6. The first-order chi connectivity index (χ1) is 13.2. The van der Waals surface area contributed by atoms with Crippen LogP contribution in [0.5, 0.6) is 0 Å². The molecule has 27 heavy (non-hydrogen) atoms. The van der Waals surface area contributed by atoms with Crippen LogP contribution in [0.15, 0.2) is 24.5 Å². The molecule has 4 heterocycles. The molecule has 0 aliphatic carbocycles. The summed E-state index contributed by atoms with van der Waals surface area (Å²) in [7, 11) is 0. The van der Waals surface area contributed by atoms with Gasteiger partial charge < -0.3 is 10.2 Å². The molecule has 3 aromatic rings. The van der Waals surface area contributed by atoms with Crippen LogP contribution >= 0.6 is 11.3 Å². The minimum absolute atomic E-state index is 0.139. The van der Waals surface area contributed by atoms with E-state index in [1.165, 1.54) is 36.6 Å². The molecule has 0 saturated carbocycles. The summed E-state index contributed by atoms with van der Waals surface area (Å²) in [6, 6.07) is 3.10. The van der Waals surface area contributed by atoms with E-state index in [-0.39, 0.29) is 11.1 Å². The number of anilines is 1. The van der Waals surface area contributed by atoms with Crippen LogP contribution in [0.25, 0.3) is 21.7 Å². The molecular weight excluding hydrogens is 370 g/mol. The Hall–Kier alpha value is -2.39. The van der Waals surface area contributed by atoms with Crippen LogP contribution in [0.3, 0.4) is 0 Å². The second-order valence-corrected chi connectivity index (χ2v) is 8.23. The van der Waals surface area contributed by atoms with Gasteiger partial charge in [0.1, 0.15) is 0 Å². The zero-order chi connectivity index (χ0) is 18.4. The quantitative estimate of drug-likeness (QED) is 0.722. The number of H-pyrrole nitrogens is 1. The summed E-state index contributed by atoms with van der Waals surface area (Å²) in [4.78, 5) is 2.18. The Labute approximate surface area is 158 Å². The van der Waals surface area contributed by atoms with Crippen LogP contribution in [0.4, 0.5) is 13.9 Å². The molecule has 0 atom stereocenters. The predicted octanol–water partition coefficient (Wildman–Crippen LogP) is 3.06. The molecule has 2 fully saturated rings. The molecule has 0 radical (unpaired) electrons. The number of aromatic amines is 1. The van der Waals surface area contributed by atoms with E-state index in [9.17, 15) is 8.78 Å². The van der Waals surface area contributed by atoms with Gasteiger partial charge in [-0.15, -0.1) is 10.2 Å². The summed E-state index contributed by atoms with van der Waals surface area (Å²) in [5, 5.41) is 19.3. The summed E-state index contributed by atoms with van der Waals surface area (Å²) in [5.41, 5.74) is 1.19. The first kappa shape index (κ1) is 16.8. The monoisotopic (exact) mass is 388 g/mol. The molecule has 2 saturated heterocycles. The molecule has 1 spiro atoms. The minimum Gasteiger partial charge on any atom is -0.345 e. The number of hydrogen-bond donors (Lipinski definition) is 2.